The zero-order valence-electron chi connectivity index (χ0n) is 22.1. The number of aromatic nitrogens is 4. The third-order valence-corrected chi connectivity index (χ3v) is 8.42. The second-order valence-corrected chi connectivity index (χ2v) is 11.7. The first-order valence-electron chi connectivity index (χ1n) is 13.6. The lowest BCUT2D eigenvalue weighted by molar-refractivity contribution is -0.135. The molecule has 1 N–H and O–H groups in total. The van der Waals surface area contributed by atoms with Crippen LogP contribution in [0.5, 0.6) is 0 Å². The van der Waals surface area contributed by atoms with E-state index in [0.717, 1.165) is 40.1 Å². The summed E-state index contributed by atoms with van der Waals surface area (Å²) in [5.41, 5.74) is 5.76. The van der Waals surface area contributed by atoms with Crippen LogP contribution in [0.4, 0.5) is 0 Å². The molecule has 1 aliphatic carbocycles. The Morgan fingerprint density at radius 1 is 1.12 bits per heavy atom. The van der Waals surface area contributed by atoms with Crippen LogP contribution >= 0.6 is 27.5 Å². The third-order valence-electron chi connectivity index (χ3n) is 7.76. The Labute approximate surface area is 247 Å². The molecule has 1 aliphatic heterocycles. The Morgan fingerprint density at radius 2 is 2.02 bits per heavy atom. The maximum atomic E-state index is 14.1. The highest BCUT2D eigenvalue weighted by Gasteiger charge is 2.36. The van der Waals surface area contributed by atoms with Crippen LogP contribution in [-0.2, 0) is 30.7 Å². The van der Waals surface area contributed by atoms with Crippen LogP contribution in [-0.4, -0.2) is 67.4 Å². The molecule has 1 fully saturated rings. The molecule has 3 aromatic heterocycles. The molecule has 0 spiro atoms. The van der Waals surface area contributed by atoms with Gasteiger partial charge < -0.3 is 14.8 Å². The number of aryl methyl sites for hydroxylation is 2. The molecule has 2 atom stereocenters. The fourth-order valence-electron chi connectivity index (χ4n) is 5.81. The molecule has 4 heterocycles. The molecule has 0 radical (unpaired) electrons. The summed E-state index contributed by atoms with van der Waals surface area (Å²) >= 11 is 10.0. The van der Waals surface area contributed by atoms with E-state index in [1.165, 1.54) is 16.7 Å². The molecule has 0 unspecified atom stereocenters. The van der Waals surface area contributed by atoms with Crippen molar-refractivity contribution in [2.24, 2.45) is 0 Å². The molecule has 4 aromatic rings. The van der Waals surface area contributed by atoms with Crippen molar-refractivity contribution < 1.29 is 4.79 Å². The number of nitrogens with one attached hydrogen (secondary N) is 1. The van der Waals surface area contributed by atoms with Gasteiger partial charge in [-0.2, -0.15) is 0 Å². The number of benzene rings is 1. The smallest absolute Gasteiger partial charge is 0.241 e. The molecule has 1 amide bonds. The van der Waals surface area contributed by atoms with Crippen molar-refractivity contribution in [3.63, 3.8) is 0 Å². The Hall–Kier alpha value is -3.11. The van der Waals surface area contributed by atoms with Crippen molar-refractivity contribution in [3.05, 3.63) is 111 Å². The second kappa shape index (κ2) is 12.2. The van der Waals surface area contributed by atoms with E-state index in [9.17, 15) is 4.79 Å². The van der Waals surface area contributed by atoms with Crippen LogP contribution < -0.4 is 5.32 Å². The quantitative estimate of drug-likeness (QED) is 0.332. The van der Waals surface area contributed by atoms with E-state index in [-0.39, 0.29) is 18.0 Å². The molecule has 0 saturated carbocycles. The number of imidazole rings is 1. The first-order valence-corrected chi connectivity index (χ1v) is 14.8. The van der Waals surface area contributed by atoms with Crippen LogP contribution in [0.1, 0.15) is 34.0 Å². The third kappa shape index (κ3) is 5.98. The van der Waals surface area contributed by atoms with Crippen molar-refractivity contribution in [2.45, 2.75) is 38.0 Å². The van der Waals surface area contributed by atoms with Gasteiger partial charge in [0.1, 0.15) is 0 Å². The molecule has 1 aromatic carbocycles. The number of piperazine rings is 1. The highest BCUT2D eigenvalue weighted by Crippen LogP contribution is 2.38. The number of nitrogens with zero attached hydrogens (tertiary/aromatic N) is 6. The van der Waals surface area contributed by atoms with Gasteiger partial charge in [0.05, 0.1) is 24.1 Å². The molecule has 6 rings (SSSR count). The number of fused-ring (bicyclic) bond motifs is 2. The number of carbonyl (C=O) groups excluding carboxylic acids is 1. The standard InChI is InChI=1S/C30H31BrClN7O/c31-24-14-23-4-3-22-15-25(32)5-6-26(22)29(28(23)36-17-24)38-11-9-35-27(19-38)30(40)39(13-12-37-10-8-34-20-37)18-21-2-1-7-33-16-21/h1-2,5-8,10,14-17,20,27,29,35H,3-4,9,11-13,18-19H2/t27-,29+/m1/s1. The molecule has 40 heavy (non-hydrogen) atoms. The van der Waals surface area contributed by atoms with Crippen molar-refractivity contribution in [2.75, 3.05) is 26.2 Å². The molecule has 0 bridgehead atoms. The Balaban J connectivity index is 1.28. The van der Waals surface area contributed by atoms with E-state index in [2.05, 4.69) is 54.3 Å². The summed E-state index contributed by atoms with van der Waals surface area (Å²) in [6.45, 7) is 3.85. The molecular weight excluding hydrogens is 590 g/mol. The first kappa shape index (κ1) is 27.1. The summed E-state index contributed by atoms with van der Waals surface area (Å²) in [5.74, 6) is 0.0857. The van der Waals surface area contributed by atoms with Crippen LogP contribution in [0.2, 0.25) is 5.02 Å². The summed E-state index contributed by atoms with van der Waals surface area (Å²) in [7, 11) is 0. The minimum atomic E-state index is -0.342. The van der Waals surface area contributed by atoms with E-state index < -0.39 is 0 Å². The SMILES string of the molecule is O=C([C@H]1CN([C@H]2c3ccc(Cl)cc3CCc3cc(Br)cnc32)CCN1)N(CCn1ccnc1)Cc1cccnc1. The molecule has 206 valence electrons. The number of hydrogen-bond acceptors (Lipinski definition) is 6. The van der Waals surface area contributed by atoms with Gasteiger partial charge in [-0.1, -0.05) is 23.7 Å². The number of halogens is 2. The van der Waals surface area contributed by atoms with Gasteiger partial charge in [0.2, 0.25) is 5.91 Å². The largest absolute Gasteiger partial charge is 0.336 e. The number of pyridine rings is 2. The normalized spacial score (nSPS) is 18.9. The van der Waals surface area contributed by atoms with Crippen molar-refractivity contribution in [1.82, 2.24) is 34.6 Å². The minimum absolute atomic E-state index is 0.0482. The van der Waals surface area contributed by atoms with Gasteiger partial charge in [0, 0.05) is 79.7 Å². The van der Waals surface area contributed by atoms with Crippen molar-refractivity contribution in [3.8, 4) is 0 Å². The summed E-state index contributed by atoms with van der Waals surface area (Å²) in [4.78, 5) is 31.8. The average Bonchev–Trinajstić information content (AvgIpc) is 3.45. The Morgan fingerprint density at radius 3 is 2.85 bits per heavy atom. The lowest BCUT2D eigenvalue weighted by Gasteiger charge is -2.40. The number of hydrogen-bond donors (Lipinski definition) is 1. The highest BCUT2D eigenvalue weighted by molar-refractivity contribution is 9.10. The lowest BCUT2D eigenvalue weighted by Crippen LogP contribution is -2.58. The van der Waals surface area contributed by atoms with Crippen molar-refractivity contribution in [1.29, 1.82) is 0 Å². The molecule has 8 nitrogen and oxygen atoms in total. The van der Waals surface area contributed by atoms with E-state index in [4.69, 9.17) is 16.6 Å². The van der Waals surface area contributed by atoms with Gasteiger partial charge in [0.25, 0.3) is 0 Å². The van der Waals surface area contributed by atoms with Gasteiger partial charge >= 0.3 is 0 Å². The van der Waals surface area contributed by atoms with E-state index in [1.54, 1.807) is 18.7 Å². The number of amides is 1. The first-order chi connectivity index (χ1) is 19.5. The molecule has 1 saturated heterocycles. The van der Waals surface area contributed by atoms with Crippen LogP contribution in [0, 0.1) is 0 Å². The summed E-state index contributed by atoms with van der Waals surface area (Å²) in [6, 6.07) is 11.9. The number of carbonyl (C=O) groups is 1. The minimum Gasteiger partial charge on any atom is -0.336 e. The van der Waals surface area contributed by atoms with Gasteiger partial charge in [0.15, 0.2) is 0 Å². The monoisotopic (exact) mass is 619 g/mol. The van der Waals surface area contributed by atoms with Gasteiger partial charge in [-0.15, -0.1) is 0 Å². The fraction of sp³-hybridized carbons (Fsp3) is 0.333. The zero-order chi connectivity index (χ0) is 27.5. The second-order valence-electron chi connectivity index (χ2n) is 10.4. The maximum Gasteiger partial charge on any atom is 0.241 e. The van der Waals surface area contributed by atoms with Gasteiger partial charge in [-0.3, -0.25) is 19.7 Å². The van der Waals surface area contributed by atoms with Gasteiger partial charge in [-0.25, -0.2) is 4.98 Å². The highest BCUT2D eigenvalue weighted by atomic mass is 79.9. The predicted molar refractivity (Wildman–Crippen MR) is 158 cm³/mol. The zero-order valence-corrected chi connectivity index (χ0v) is 24.4. The van der Waals surface area contributed by atoms with Crippen LogP contribution in [0.3, 0.4) is 0 Å². The topological polar surface area (TPSA) is 79.2 Å². The average molecular weight is 621 g/mol. The molecule has 2 aliphatic rings. The Kier molecular flexibility index (Phi) is 8.25. The summed E-state index contributed by atoms with van der Waals surface area (Å²) in [5, 5.41) is 4.26. The van der Waals surface area contributed by atoms with E-state index in [1.807, 2.05) is 46.3 Å². The molecular formula is C30H31BrClN7O. The molecule has 10 heteroatoms. The van der Waals surface area contributed by atoms with Crippen molar-refractivity contribution >= 4 is 33.4 Å². The van der Waals surface area contributed by atoms with Crippen LogP contribution in [0.15, 0.2) is 78.2 Å². The van der Waals surface area contributed by atoms with E-state index >= 15 is 0 Å². The van der Waals surface area contributed by atoms with Crippen LogP contribution in [0.25, 0.3) is 0 Å². The van der Waals surface area contributed by atoms with E-state index in [0.29, 0.717) is 32.7 Å². The summed E-state index contributed by atoms with van der Waals surface area (Å²) in [6.07, 6.45) is 12.7. The van der Waals surface area contributed by atoms with Gasteiger partial charge in [-0.05, 0) is 75.3 Å². The number of rotatable bonds is 7. The maximum absolute atomic E-state index is 14.1. The fourth-order valence-corrected chi connectivity index (χ4v) is 6.38. The lowest BCUT2D eigenvalue weighted by atomic mass is 9.95. The summed E-state index contributed by atoms with van der Waals surface area (Å²) < 4.78 is 2.98. The Bertz CT molecular complexity index is 1410. The predicted octanol–water partition coefficient (Wildman–Crippen LogP) is 4.28.